The second kappa shape index (κ2) is 12.3. The molecule has 0 saturated heterocycles. The molecule has 4 aromatic rings. The third-order valence-corrected chi connectivity index (χ3v) is 10.7. The summed E-state index contributed by atoms with van der Waals surface area (Å²) >= 11 is 16.5. The summed E-state index contributed by atoms with van der Waals surface area (Å²) in [5.41, 5.74) is -3.23. The van der Waals surface area contributed by atoms with Gasteiger partial charge in [-0.3, -0.25) is 9.36 Å². The first-order valence-electron chi connectivity index (χ1n) is 11.4. The number of aromatic nitrogens is 1. The first-order valence-corrected chi connectivity index (χ1v) is 17.1. The maximum atomic E-state index is 14.3. The van der Waals surface area contributed by atoms with E-state index in [-0.39, 0.29) is 20.9 Å². The molecular weight excluding hydrogens is 724 g/mol. The molecular formula is C25H18BrCl2F2N2O7PS2. The summed E-state index contributed by atoms with van der Waals surface area (Å²) < 4.78 is 64.3. The first-order chi connectivity index (χ1) is 19.5. The fourth-order valence-electron chi connectivity index (χ4n) is 3.76. The second-order valence-corrected chi connectivity index (χ2v) is 14.9. The highest BCUT2D eigenvalue weighted by atomic mass is 79.9. The summed E-state index contributed by atoms with van der Waals surface area (Å²) in [6, 6.07) is 13.9. The number of anilines is 2. The van der Waals surface area contributed by atoms with Crippen LogP contribution in [0, 0.1) is 0 Å². The zero-order chi connectivity index (χ0) is 31.0. The smallest absolute Gasteiger partial charge is 0.399 e. The van der Waals surface area contributed by atoms with Gasteiger partial charge < -0.3 is 19.8 Å². The molecule has 0 aliphatic rings. The number of hydrogen-bond donors (Lipinski definition) is 3. The number of thiazole rings is 1. The van der Waals surface area contributed by atoms with Gasteiger partial charge in [-0.05, 0) is 42.0 Å². The van der Waals surface area contributed by atoms with Crippen LogP contribution in [0.5, 0.6) is 0 Å². The topological polar surface area (TPSA) is 145 Å². The minimum atomic E-state index is -5.78. The molecule has 0 spiro atoms. The van der Waals surface area contributed by atoms with Gasteiger partial charge in [0.1, 0.15) is 0 Å². The molecule has 0 saturated carbocycles. The lowest BCUT2D eigenvalue weighted by atomic mass is 10.1. The Kier molecular flexibility index (Phi) is 9.51. The molecule has 9 nitrogen and oxygen atoms in total. The van der Waals surface area contributed by atoms with Crippen molar-refractivity contribution in [2.24, 2.45) is 0 Å². The minimum absolute atomic E-state index is 0.0671. The number of carboxylic acids is 1. The van der Waals surface area contributed by atoms with Gasteiger partial charge in [0.15, 0.2) is 20.7 Å². The van der Waals surface area contributed by atoms with Crippen LogP contribution in [0.15, 0.2) is 75.4 Å². The quantitative estimate of drug-likeness (QED) is 0.143. The number of alkyl halides is 2. The maximum Gasteiger partial charge on any atom is 0.399 e. The highest BCUT2D eigenvalue weighted by Crippen LogP contribution is 2.60. The van der Waals surface area contributed by atoms with E-state index in [1.54, 1.807) is 28.5 Å². The Labute approximate surface area is 260 Å². The summed E-state index contributed by atoms with van der Waals surface area (Å²) in [5.74, 6) is -2.51. The summed E-state index contributed by atoms with van der Waals surface area (Å²) in [6.07, 6.45) is 0. The van der Waals surface area contributed by atoms with Gasteiger partial charge in [0.2, 0.25) is 0 Å². The standard InChI is InChI=1S/C25H18BrCl2F2N2O7PS2/c26-19-9-14(1-7-18(19)25(29,30)40(35,36)37)11-32(16-4-8-20(27)21(28)10-16)24-31-22(12-41-24)15-2-5-17(6-3-15)42(38,39)13-23(33)34/h1-10,12H,11,13H2,(H,33,34)(H2,35,36,37). The molecule has 17 heteroatoms. The molecule has 4 rings (SSSR count). The zero-order valence-electron chi connectivity index (χ0n) is 20.8. The van der Waals surface area contributed by atoms with Gasteiger partial charge in [-0.1, -0.05) is 63.4 Å². The van der Waals surface area contributed by atoms with Crippen LogP contribution in [0.2, 0.25) is 10.0 Å². The SMILES string of the molecule is O=C(O)CS(=O)(=O)c1ccc(-c2csc(N(Cc3ccc(C(F)(F)P(=O)(O)O)c(Br)c3)c3ccc(Cl)c(Cl)c3)n2)cc1. The van der Waals surface area contributed by atoms with Gasteiger partial charge in [0, 0.05) is 26.7 Å². The van der Waals surface area contributed by atoms with E-state index in [1.807, 2.05) is 0 Å². The van der Waals surface area contributed by atoms with E-state index in [9.17, 15) is 26.6 Å². The summed E-state index contributed by atoms with van der Waals surface area (Å²) in [5, 5.41) is 11.5. The molecule has 0 aliphatic carbocycles. The van der Waals surface area contributed by atoms with Crippen molar-refractivity contribution in [2.75, 3.05) is 10.7 Å². The van der Waals surface area contributed by atoms with Crippen LogP contribution < -0.4 is 4.90 Å². The van der Waals surface area contributed by atoms with E-state index in [1.165, 1.54) is 47.7 Å². The number of aliphatic carboxylic acids is 1. The number of nitrogens with zero attached hydrogens (tertiary/aromatic N) is 2. The molecule has 0 fully saturated rings. The zero-order valence-corrected chi connectivity index (χ0v) is 26.4. The first kappa shape index (κ1) is 32.5. The lowest BCUT2D eigenvalue weighted by Crippen LogP contribution is -2.18. The Morgan fingerprint density at radius 1 is 1.05 bits per heavy atom. The average Bonchev–Trinajstić information content (AvgIpc) is 3.37. The molecule has 0 bridgehead atoms. The molecule has 1 aromatic heterocycles. The fraction of sp³-hybridized carbons (Fsp3) is 0.120. The van der Waals surface area contributed by atoms with E-state index in [2.05, 4.69) is 20.9 Å². The largest absolute Gasteiger partial charge is 0.480 e. The molecule has 1 heterocycles. The Bertz CT molecular complexity index is 1820. The molecule has 0 atom stereocenters. The van der Waals surface area contributed by atoms with E-state index in [0.29, 0.717) is 32.7 Å². The van der Waals surface area contributed by atoms with Gasteiger partial charge in [-0.2, -0.15) is 8.78 Å². The minimum Gasteiger partial charge on any atom is -0.480 e. The van der Waals surface area contributed by atoms with Crippen LogP contribution in [-0.4, -0.2) is 40.0 Å². The molecule has 42 heavy (non-hydrogen) atoms. The number of hydrogen-bond acceptors (Lipinski definition) is 7. The Balaban J connectivity index is 1.70. The van der Waals surface area contributed by atoms with Crippen LogP contribution in [0.25, 0.3) is 11.3 Å². The maximum absolute atomic E-state index is 14.3. The lowest BCUT2D eigenvalue weighted by Gasteiger charge is -2.24. The Hall–Kier alpha value is -2.42. The van der Waals surface area contributed by atoms with Crippen LogP contribution in [-0.2, 0) is 31.4 Å². The van der Waals surface area contributed by atoms with Gasteiger partial charge in [-0.15, -0.1) is 11.3 Å². The van der Waals surface area contributed by atoms with Gasteiger partial charge >= 0.3 is 19.2 Å². The molecule has 0 aliphatic heterocycles. The summed E-state index contributed by atoms with van der Waals surface area (Å²) in [4.78, 5) is 35.3. The van der Waals surface area contributed by atoms with E-state index in [0.717, 1.165) is 6.07 Å². The van der Waals surface area contributed by atoms with Crippen molar-refractivity contribution in [3.8, 4) is 11.3 Å². The Morgan fingerprint density at radius 2 is 1.71 bits per heavy atom. The number of carboxylic acid groups (broad SMARTS) is 1. The van der Waals surface area contributed by atoms with Crippen molar-refractivity contribution in [1.82, 2.24) is 4.98 Å². The number of sulfone groups is 1. The molecule has 3 aromatic carbocycles. The number of rotatable bonds is 10. The average molecular weight is 742 g/mol. The van der Waals surface area contributed by atoms with E-state index >= 15 is 0 Å². The van der Waals surface area contributed by atoms with Crippen molar-refractivity contribution in [3.05, 3.63) is 91.7 Å². The van der Waals surface area contributed by atoms with Crippen molar-refractivity contribution in [3.63, 3.8) is 0 Å². The monoisotopic (exact) mass is 740 g/mol. The third-order valence-electron chi connectivity index (χ3n) is 5.82. The summed E-state index contributed by atoms with van der Waals surface area (Å²) in [6.45, 7) is 0.0671. The highest BCUT2D eigenvalue weighted by molar-refractivity contribution is 9.10. The van der Waals surface area contributed by atoms with Crippen molar-refractivity contribution >= 4 is 84.7 Å². The van der Waals surface area contributed by atoms with Gasteiger partial charge in [0.25, 0.3) is 0 Å². The van der Waals surface area contributed by atoms with Crippen molar-refractivity contribution < 1.29 is 41.5 Å². The summed E-state index contributed by atoms with van der Waals surface area (Å²) in [7, 11) is -9.79. The Morgan fingerprint density at radius 3 is 2.29 bits per heavy atom. The molecule has 0 radical (unpaired) electrons. The fourth-order valence-corrected chi connectivity index (χ4v) is 7.29. The van der Waals surface area contributed by atoms with Crippen LogP contribution in [0.1, 0.15) is 11.1 Å². The lowest BCUT2D eigenvalue weighted by molar-refractivity contribution is -0.134. The van der Waals surface area contributed by atoms with Crippen molar-refractivity contribution in [1.29, 1.82) is 0 Å². The molecule has 0 unspecified atom stereocenters. The van der Waals surface area contributed by atoms with E-state index < -0.39 is 40.4 Å². The normalized spacial score (nSPS) is 12.4. The van der Waals surface area contributed by atoms with Gasteiger partial charge in [-0.25, -0.2) is 13.4 Å². The third kappa shape index (κ3) is 7.03. The van der Waals surface area contributed by atoms with Crippen LogP contribution in [0.3, 0.4) is 0 Å². The molecule has 0 amide bonds. The number of carbonyl (C=O) groups is 1. The predicted molar refractivity (Wildman–Crippen MR) is 160 cm³/mol. The van der Waals surface area contributed by atoms with Crippen molar-refractivity contribution in [2.45, 2.75) is 17.1 Å². The number of halogens is 5. The predicted octanol–water partition coefficient (Wildman–Crippen LogP) is 7.30. The molecule has 222 valence electrons. The second-order valence-electron chi connectivity index (χ2n) is 8.78. The van der Waals surface area contributed by atoms with Crippen LogP contribution in [0.4, 0.5) is 19.6 Å². The molecule has 3 N–H and O–H groups in total. The van der Waals surface area contributed by atoms with Gasteiger partial charge in [0.05, 0.1) is 27.2 Å². The van der Waals surface area contributed by atoms with Crippen LogP contribution >= 0.6 is 58.1 Å². The number of benzene rings is 3. The highest BCUT2D eigenvalue weighted by Gasteiger charge is 2.51. The van der Waals surface area contributed by atoms with E-state index in [4.69, 9.17) is 38.1 Å².